The summed E-state index contributed by atoms with van der Waals surface area (Å²) in [5, 5.41) is 4.26. The highest BCUT2D eigenvalue weighted by Crippen LogP contribution is 2.07. The Morgan fingerprint density at radius 1 is 1.14 bits per heavy atom. The molecule has 106 valence electrons. The molecule has 1 aromatic carbocycles. The number of allylic oxidation sites excluding steroid dienone is 1. The molecule has 0 fully saturated rings. The van der Waals surface area contributed by atoms with Crippen LogP contribution in [0.3, 0.4) is 0 Å². The first kappa shape index (κ1) is 14.9. The Morgan fingerprint density at radius 3 is 2.52 bits per heavy atom. The quantitative estimate of drug-likeness (QED) is 0.514. The van der Waals surface area contributed by atoms with Gasteiger partial charge in [-0.2, -0.15) is 9.67 Å². The predicted octanol–water partition coefficient (Wildman–Crippen LogP) is 2.36. The van der Waals surface area contributed by atoms with E-state index in [1.807, 2.05) is 60.9 Å². The highest BCUT2D eigenvalue weighted by Gasteiger charge is 2.06. The molecule has 0 spiro atoms. The summed E-state index contributed by atoms with van der Waals surface area (Å²) in [5.74, 6) is -0.216. The number of hydrazone groups is 1. The molecule has 0 unspecified atom stereocenters. The highest BCUT2D eigenvalue weighted by atomic mass is 35.5. The van der Waals surface area contributed by atoms with Gasteiger partial charge in [0.2, 0.25) is 6.54 Å². The number of carbonyl (C=O) groups is 1. The van der Waals surface area contributed by atoms with Crippen LogP contribution in [0, 0.1) is 0 Å². The first-order chi connectivity index (χ1) is 10.2. The maximum atomic E-state index is 11.6. The van der Waals surface area contributed by atoms with Crippen molar-refractivity contribution in [3.8, 4) is 0 Å². The van der Waals surface area contributed by atoms with Gasteiger partial charge < -0.3 is 0 Å². The number of halogens is 1. The summed E-state index contributed by atoms with van der Waals surface area (Å²) in [6.45, 7) is 0.207. The summed E-state index contributed by atoms with van der Waals surface area (Å²) in [4.78, 5) is 11.6. The van der Waals surface area contributed by atoms with Crippen LogP contribution in [0.5, 0.6) is 0 Å². The van der Waals surface area contributed by atoms with E-state index >= 15 is 0 Å². The molecule has 0 atom stereocenters. The van der Waals surface area contributed by atoms with Crippen LogP contribution < -0.4 is 9.99 Å². The van der Waals surface area contributed by atoms with E-state index in [1.54, 1.807) is 10.6 Å². The first-order valence-corrected chi connectivity index (χ1v) is 6.80. The second-order valence-electron chi connectivity index (χ2n) is 4.28. The Labute approximate surface area is 128 Å². The van der Waals surface area contributed by atoms with Crippen molar-refractivity contribution >= 4 is 29.8 Å². The zero-order chi connectivity index (χ0) is 14.9. The minimum absolute atomic E-state index is 0.207. The number of nitrogens with one attached hydrogen (secondary N) is 1. The lowest BCUT2D eigenvalue weighted by Crippen LogP contribution is -2.40. The van der Waals surface area contributed by atoms with Crippen LogP contribution in [0.2, 0.25) is 0 Å². The number of amides is 1. The standard InChI is InChI=1S/C16H14ClN3O/c17-15(11-14-7-3-1-4-8-14)12-18-19-16(21)13-20-9-5-2-6-10-20/h1-12H,13H2/p+1. The molecule has 2 rings (SSSR count). The minimum Gasteiger partial charge on any atom is -0.266 e. The van der Waals surface area contributed by atoms with Gasteiger partial charge in [0.25, 0.3) is 0 Å². The second-order valence-corrected chi connectivity index (χ2v) is 4.72. The third kappa shape index (κ3) is 5.58. The van der Waals surface area contributed by atoms with E-state index in [-0.39, 0.29) is 12.5 Å². The number of rotatable bonds is 5. The van der Waals surface area contributed by atoms with Gasteiger partial charge in [-0.05, 0) is 11.6 Å². The van der Waals surface area contributed by atoms with Crippen molar-refractivity contribution in [2.45, 2.75) is 6.54 Å². The lowest BCUT2D eigenvalue weighted by molar-refractivity contribution is -0.684. The Balaban J connectivity index is 1.84. The zero-order valence-electron chi connectivity index (χ0n) is 11.3. The lowest BCUT2D eigenvalue weighted by Gasteiger charge is -1.96. The fraction of sp³-hybridized carbons (Fsp3) is 0.0625. The molecule has 0 aliphatic rings. The van der Waals surface area contributed by atoms with Crippen LogP contribution in [0.4, 0.5) is 0 Å². The van der Waals surface area contributed by atoms with Crippen LogP contribution in [0.15, 0.2) is 71.1 Å². The third-order valence-electron chi connectivity index (χ3n) is 2.58. The van der Waals surface area contributed by atoms with Gasteiger partial charge in [0.1, 0.15) is 0 Å². The number of hydrogen-bond acceptors (Lipinski definition) is 2. The maximum Gasteiger partial charge on any atom is 0.305 e. The molecule has 1 heterocycles. The molecule has 0 aliphatic heterocycles. The minimum atomic E-state index is -0.216. The summed E-state index contributed by atoms with van der Waals surface area (Å²) < 4.78 is 1.76. The summed E-state index contributed by atoms with van der Waals surface area (Å²) >= 11 is 6.01. The van der Waals surface area contributed by atoms with Gasteiger partial charge in [-0.25, -0.2) is 5.43 Å². The summed E-state index contributed by atoms with van der Waals surface area (Å²) in [7, 11) is 0. The van der Waals surface area contributed by atoms with E-state index < -0.39 is 0 Å². The molecule has 2 aromatic rings. The monoisotopic (exact) mass is 300 g/mol. The SMILES string of the molecule is O=C(C[n+]1ccccc1)NN=CC(Cl)=Cc1ccccc1. The molecule has 0 radical (unpaired) electrons. The molecule has 0 saturated carbocycles. The maximum absolute atomic E-state index is 11.6. The Kier molecular flexibility index (Phi) is 5.67. The van der Waals surface area contributed by atoms with Crippen molar-refractivity contribution in [1.29, 1.82) is 0 Å². The molecule has 1 N–H and O–H groups in total. The topological polar surface area (TPSA) is 45.3 Å². The smallest absolute Gasteiger partial charge is 0.266 e. The van der Waals surface area contributed by atoms with Gasteiger partial charge in [0.15, 0.2) is 12.4 Å². The normalized spacial score (nSPS) is 11.6. The van der Waals surface area contributed by atoms with E-state index in [0.717, 1.165) is 5.56 Å². The Bertz CT molecular complexity index is 639. The summed E-state index contributed by atoms with van der Waals surface area (Å²) in [6, 6.07) is 15.2. The Hall–Kier alpha value is -2.46. The molecule has 0 saturated heterocycles. The number of hydrogen-bond donors (Lipinski definition) is 1. The molecule has 0 aliphatic carbocycles. The number of pyridine rings is 1. The average Bonchev–Trinajstić information content (AvgIpc) is 2.49. The fourth-order valence-electron chi connectivity index (χ4n) is 1.65. The van der Waals surface area contributed by atoms with Gasteiger partial charge >= 0.3 is 5.91 Å². The van der Waals surface area contributed by atoms with Gasteiger partial charge in [0, 0.05) is 12.1 Å². The molecular formula is C16H15ClN3O+. The molecular weight excluding hydrogens is 286 g/mol. The second kappa shape index (κ2) is 7.97. The van der Waals surface area contributed by atoms with Gasteiger partial charge in [-0.1, -0.05) is 48.0 Å². The van der Waals surface area contributed by atoms with Crippen LogP contribution in [-0.4, -0.2) is 12.1 Å². The van der Waals surface area contributed by atoms with E-state index in [1.165, 1.54) is 6.21 Å². The lowest BCUT2D eigenvalue weighted by atomic mass is 10.2. The predicted molar refractivity (Wildman–Crippen MR) is 83.5 cm³/mol. The summed E-state index contributed by atoms with van der Waals surface area (Å²) in [6.07, 6.45) is 6.79. The molecule has 1 amide bonds. The van der Waals surface area contributed by atoms with Crippen molar-refractivity contribution in [1.82, 2.24) is 5.43 Å². The van der Waals surface area contributed by atoms with Crippen LogP contribution >= 0.6 is 11.6 Å². The van der Waals surface area contributed by atoms with E-state index in [9.17, 15) is 4.79 Å². The average molecular weight is 301 g/mol. The number of carbonyl (C=O) groups excluding carboxylic acids is 1. The van der Waals surface area contributed by atoms with Crippen molar-refractivity contribution in [2.75, 3.05) is 0 Å². The zero-order valence-corrected chi connectivity index (χ0v) is 12.1. The number of aromatic nitrogens is 1. The highest BCUT2D eigenvalue weighted by molar-refractivity contribution is 6.41. The van der Waals surface area contributed by atoms with Crippen molar-refractivity contribution in [2.24, 2.45) is 5.10 Å². The molecule has 4 nitrogen and oxygen atoms in total. The van der Waals surface area contributed by atoms with Gasteiger partial charge in [-0.3, -0.25) is 4.79 Å². The van der Waals surface area contributed by atoms with Crippen LogP contribution in [0.25, 0.3) is 6.08 Å². The van der Waals surface area contributed by atoms with Gasteiger partial charge in [-0.15, -0.1) is 0 Å². The number of benzene rings is 1. The third-order valence-corrected chi connectivity index (χ3v) is 2.79. The number of nitrogens with zero attached hydrogens (tertiary/aromatic N) is 2. The largest absolute Gasteiger partial charge is 0.305 e. The molecule has 5 heteroatoms. The van der Waals surface area contributed by atoms with Crippen LogP contribution in [0.1, 0.15) is 5.56 Å². The van der Waals surface area contributed by atoms with Gasteiger partial charge in [0.05, 0.1) is 11.2 Å². The molecule has 21 heavy (non-hydrogen) atoms. The van der Waals surface area contributed by atoms with E-state index in [2.05, 4.69) is 10.5 Å². The Morgan fingerprint density at radius 2 is 1.81 bits per heavy atom. The van der Waals surface area contributed by atoms with E-state index in [0.29, 0.717) is 5.03 Å². The van der Waals surface area contributed by atoms with Crippen molar-refractivity contribution in [3.05, 3.63) is 71.5 Å². The van der Waals surface area contributed by atoms with Crippen molar-refractivity contribution in [3.63, 3.8) is 0 Å². The summed E-state index contributed by atoms with van der Waals surface area (Å²) in [5.41, 5.74) is 3.40. The molecule has 0 bridgehead atoms. The van der Waals surface area contributed by atoms with Crippen LogP contribution in [-0.2, 0) is 11.3 Å². The molecule has 1 aromatic heterocycles. The van der Waals surface area contributed by atoms with E-state index in [4.69, 9.17) is 11.6 Å². The fourth-order valence-corrected chi connectivity index (χ4v) is 1.83. The first-order valence-electron chi connectivity index (χ1n) is 6.42. The van der Waals surface area contributed by atoms with Crippen molar-refractivity contribution < 1.29 is 9.36 Å².